The first kappa shape index (κ1) is 41.8. The summed E-state index contributed by atoms with van der Waals surface area (Å²) in [4.78, 5) is 16.2. The Labute approximate surface area is 300 Å². The summed E-state index contributed by atoms with van der Waals surface area (Å²) in [6.07, 6.45) is -4.56. The minimum absolute atomic E-state index is 0.0267. The average Bonchev–Trinajstić information content (AvgIpc) is 3.37. The molecule has 0 spiro atoms. The van der Waals surface area contributed by atoms with Crippen molar-refractivity contribution in [2.75, 3.05) is 20.7 Å². The van der Waals surface area contributed by atoms with Crippen molar-refractivity contribution in [2.24, 2.45) is 23.7 Å². The number of likely N-dealkylation sites (N-methyl/N-ethyl adjacent to an activating group) is 1. The van der Waals surface area contributed by atoms with E-state index >= 15 is 0 Å². The number of hydrogen-bond acceptors (Lipinski definition) is 12. The molecule has 4 aliphatic heterocycles. The van der Waals surface area contributed by atoms with Gasteiger partial charge in [-0.3, -0.25) is 4.79 Å². The van der Waals surface area contributed by atoms with Gasteiger partial charge in [0.2, 0.25) is 0 Å². The molecule has 4 heterocycles. The van der Waals surface area contributed by atoms with Crippen molar-refractivity contribution in [3.8, 4) is 0 Å². The van der Waals surface area contributed by atoms with Gasteiger partial charge in [0.1, 0.15) is 17.8 Å². The minimum Gasteiger partial charge on any atom is -0.459 e. The van der Waals surface area contributed by atoms with Crippen LogP contribution in [-0.2, 0) is 38.0 Å². The average molecular weight is 716 g/mol. The topological polar surface area (TPSA) is 146 Å². The number of rotatable bonds is 8. The Morgan fingerprint density at radius 3 is 2.18 bits per heavy atom. The number of ether oxygens (including phenoxy) is 7. The smallest absolute Gasteiger partial charge is 0.311 e. The van der Waals surface area contributed by atoms with Crippen molar-refractivity contribution < 1.29 is 53.3 Å². The van der Waals surface area contributed by atoms with Gasteiger partial charge in [0, 0.05) is 37.8 Å². The molecular formula is C38H69NO11. The lowest BCUT2D eigenvalue weighted by Crippen LogP contribution is -2.59. The second kappa shape index (κ2) is 16.2. The zero-order valence-electron chi connectivity index (χ0n) is 33.0. The standard InChI is InChI=1S/C38H69NO11/c1-14-27-38(11,43)32(41)23(6)30-20(3)17-37(10,50-30)33(49-35-29(40)26(39(12)15-2)16-21(4)46-35)24(7)31(25(8)34(42)47-27)48-28-19-36(9,44-13)18-22(5)45-28/h20-33,35,40-41,43H,14-19H2,1-13H3/t20-,21+,22-,23-,24-,25+,26-,27+,28-,29+,30-,31-,32+,33+,35-,36-,37+,38+/m0/s1. The van der Waals surface area contributed by atoms with E-state index in [1.807, 2.05) is 55.5 Å². The molecule has 0 saturated carbocycles. The van der Waals surface area contributed by atoms with Crippen LogP contribution in [0.4, 0.5) is 0 Å². The van der Waals surface area contributed by atoms with E-state index in [0.717, 1.165) is 6.54 Å². The van der Waals surface area contributed by atoms with Crippen LogP contribution in [0.15, 0.2) is 0 Å². The summed E-state index contributed by atoms with van der Waals surface area (Å²) >= 11 is 0. The summed E-state index contributed by atoms with van der Waals surface area (Å²) in [7, 11) is 3.67. The lowest BCUT2D eigenvalue weighted by molar-refractivity contribution is -0.312. The Hall–Kier alpha value is -0.930. The number of methoxy groups -OCH3 is 1. The predicted molar refractivity (Wildman–Crippen MR) is 187 cm³/mol. The third kappa shape index (κ3) is 8.55. The van der Waals surface area contributed by atoms with Crippen LogP contribution in [0.3, 0.4) is 0 Å². The van der Waals surface area contributed by atoms with Crippen LogP contribution in [0.5, 0.6) is 0 Å². The van der Waals surface area contributed by atoms with E-state index in [1.54, 1.807) is 14.0 Å². The third-order valence-electron chi connectivity index (χ3n) is 12.5. The molecular weight excluding hydrogens is 646 g/mol. The van der Waals surface area contributed by atoms with Crippen LogP contribution >= 0.6 is 0 Å². The number of carbonyl (C=O) groups is 1. The van der Waals surface area contributed by atoms with Crippen LogP contribution in [0, 0.1) is 23.7 Å². The van der Waals surface area contributed by atoms with E-state index in [0.29, 0.717) is 32.1 Å². The van der Waals surface area contributed by atoms with E-state index in [1.165, 1.54) is 6.92 Å². The van der Waals surface area contributed by atoms with Crippen molar-refractivity contribution in [3.63, 3.8) is 0 Å². The first-order valence-electron chi connectivity index (χ1n) is 19.1. The predicted octanol–water partition coefficient (Wildman–Crippen LogP) is 4.04. The fourth-order valence-electron chi connectivity index (χ4n) is 9.41. The molecule has 3 N–H and O–H groups in total. The normalized spacial score (nSPS) is 51.1. The molecule has 0 amide bonds. The highest BCUT2D eigenvalue weighted by Crippen LogP contribution is 2.48. The van der Waals surface area contributed by atoms with E-state index in [-0.39, 0.29) is 24.2 Å². The van der Waals surface area contributed by atoms with Gasteiger partial charge >= 0.3 is 5.97 Å². The molecule has 12 heteroatoms. The fraction of sp³-hybridized carbons (Fsp3) is 0.974. The molecule has 50 heavy (non-hydrogen) atoms. The first-order chi connectivity index (χ1) is 23.2. The first-order valence-corrected chi connectivity index (χ1v) is 19.1. The van der Waals surface area contributed by atoms with Crippen molar-refractivity contribution in [1.29, 1.82) is 0 Å². The van der Waals surface area contributed by atoms with Crippen LogP contribution in [-0.4, -0.2) is 131 Å². The summed E-state index contributed by atoms with van der Waals surface area (Å²) in [5.74, 6) is -2.47. The fourth-order valence-corrected chi connectivity index (χ4v) is 9.41. The zero-order valence-corrected chi connectivity index (χ0v) is 33.0. The second-order valence-electron chi connectivity index (χ2n) is 16.9. The Morgan fingerprint density at radius 1 is 0.920 bits per heavy atom. The Kier molecular flexibility index (Phi) is 13.6. The largest absolute Gasteiger partial charge is 0.459 e. The van der Waals surface area contributed by atoms with Gasteiger partial charge in [-0.15, -0.1) is 0 Å². The molecule has 0 aromatic carbocycles. The summed E-state index contributed by atoms with van der Waals surface area (Å²) < 4.78 is 45.4. The molecule has 0 aromatic rings. The quantitative estimate of drug-likeness (QED) is 0.312. The van der Waals surface area contributed by atoms with Gasteiger partial charge in [0.15, 0.2) is 12.6 Å². The molecule has 0 unspecified atom stereocenters. The number of cyclic esters (lactones) is 1. The third-order valence-corrected chi connectivity index (χ3v) is 12.5. The van der Waals surface area contributed by atoms with Gasteiger partial charge in [-0.2, -0.15) is 0 Å². The molecule has 0 radical (unpaired) electrons. The monoisotopic (exact) mass is 715 g/mol. The van der Waals surface area contributed by atoms with Crippen LogP contribution in [0.2, 0.25) is 0 Å². The number of nitrogens with zero attached hydrogens (tertiary/aromatic N) is 1. The van der Waals surface area contributed by atoms with Gasteiger partial charge in [0.25, 0.3) is 0 Å². The Balaban J connectivity index is 1.83. The lowest BCUT2D eigenvalue weighted by atomic mass is 9.76. The number of aliphatic hydroxyl groups is 3. The maximum atomic E-state index is 14.1. The molecule has 4 rings (SSSR count). The van der Waals surface area contributed by atoms with Crippen molar-refractivity contribution >= 4 is 5.97 Å². The highest BCUT2D eigenvalue weighted by Gasteiger charge is 2.57. The van der Waals surface area contributed by atoms with Crippen molar-refractivity contribution in [2.45, 2.75) is 193 Å². The maximum Gasteiger partial charge on any atom is 0.311 e. The molecule has 0 aromatic heterocycles. The lowest BCUT2D eigenvalue weighted by Gasteiger charge is -2.48. The van der Waals surface area contributed by atoms with Crippen LogP contribution < -0.4 is 0 Å². The Bertz CT molecular complexity index is 1130. The van der Waals surface area contributed by atoms with E-state index in [9.17, 15) is 20.1 Å². The van der Waals surface area contributed by atoms with E-state index < -0.39 is 89.7 Å². The van der Waals surface area contributed by atoms with Gasteiger partial charge in [0.05, 0.1) is 53.7 Å². The molecule has 4 fully saturated rings. The van der Waals surface area contributed by atoms with Gasteiger partial charge in [-0.25, -0.2) is 0 Å². The van der Waals surface area contributed by atoms with Crippen LogP contribution in [0.25, 0.3) is 0 Å². The molecule has 12 nitrogen and oxygen atoms in total. The second-order valence-corrected chi connectivity index (χ2v) is 16.9. The summed E-state index contributed by atoms with van der Waals surface area (Å²) in [6.45, 7) is 21.8. The number of carbonyl (C=O) groups excluding carboxylic acids is 1. The molecule has 292 valence electrons. The number of hydrogen-bond donors (Lipinski definition) is 3. The van der Waals surface area contributed by atoms with Crippen molar-refractivity contribution in [3.05, 3.63) is 0 Å². The molecule has 4 saturated heterocycles. The van der Waals surface area contributed by atoms with E-state index in [2.05, 4.69) is 18.7 Å². The van der Waals surface area contributed by atoms with Gasteiger partial charge in [-0.1, -0.05) is 34.6 Å². The molecule has 0 aliphatic carbocycles. The zero-order chi connectivity index (χ0) is 37.5. The summed E-state index contributed by atoms with van der Waals surface area (Å²) in [5.41, 5.74) is -3.20. The summed E-state index contributed by atoms with van der Waals surface area (Å²) in [6, 6.07) is -0.184. The van der Waals surface area contributed by atoms with E-state index in [4.69, 9.17) is 33.2 Å². The van der Waals surface area contributed by atoms with Gasteiger partial charge in [-0.05, 0) is 80.3 Å². The minimum atomic E-state index is -1.75. The molecule has 4 aliphatic rings. The van der Waals surface area contributed by atoms with Gasteiger partial charge < -0.3 is 53.4 Å². The van der Waals surface area contributed by atoms with Crippen LogP contribution in [0.1, 0.15) is 108 Å². The number of esters is 1. The SMILES string of the molecule is CC[C@H]1OC(=O)[C@H](C)[C@@H](O[C@H]2C[C@@](C)(OC)C[C@H](C)O2)[C@H](C)[C@@H](O[C@@H]2O[C@H](C)C[C@H](N(C)CC)[C@H]2O)[C@@]2(C)C[C@H](C)[C@H](O2)[C@H](C)[C@@H](O)[C@]1(C)O. The maximum absolute atomic E-state index is 14.1. The highest BCUT2D eigenvalue weighted by molar-refractivity contribution is 5.73. The molecule has 18 atom stereocenters. The number of aliphatic hydroxyl groups excluding tert-OH is 2. The number of fused-ring (bicyclic) bond motifs is 2. The molecule has 2 bridgehead atoms. The highest BCUT2D eigenvalue weighted by atomic mass is 16.7. The Morgan fingerprint density at radius 2 is 1.58 bits per heavy atom. The van der Waals surface area contributed by atoms with Crippen molar-refractivity contribution in [1.82, 2.24) is 4.90 Å². The summed E-state index contributed by atoms with van der Waals surface area (Å²) in [5, 5.41) is 35.2.